The Morgan fingerprint density at radius 2 is 1.81 bits per heavy atom. The second kappa shape index (κ2) is 19.7. The lowest BCUT2D eigenvalue weighted by atomic mass is 10.0. The molecule has 0 nitrogen and oxygen atoms in total. The van der Waals surface area contributed by atoms with Crippen molar-refractivity contribution in [1.82, 2.24) is 0 Å². The molecule has 0 fully saturated rings. The van der Waals surface area contributed by atoms with E-state index in [2.05, 4.69) is 24.8 Å². The minimum absolute atomic E-state index is 0. The third-order valence-electron chi connectivity index (χ3n) is 1.95. The molecule has 0 heterocycles. The quantitative estimate of drug-likeness (QED) is 0.388. The van der Waals surface area contributed by atoms with E-state index in [1.54, 1.807) is 0 Å². The van der Waals surface area contributed by atoms with Gasteiger partial charge in [0.15, 0.2) is 0 Å². The second-order valence-corrected chi connectivity index (χ2v) is 2.94. The summed E-state index contributed by atoms with van der Waals surface area (Å²) >= 11 is 0. The topological polar surface area (TPSA) is 0 Å². The molecule has 0 amide bonds. The van der Waals surface area contributed by atoms with Gasteiger partial charge in [0, 0.05) is 0 Å². The van der Waals surface area contributed by atoms with Gasteiger partial charge in [-0.15, -0.1) is 6.58 Å². The van der Waals surface area contributed by atoms with Crippen molar-refractivity contribution < 1.29 is 0 Å². The molecular formula is C16H32. The summed E-state index contributed by atoms with van der Waals surface area (Å²) in [5.41, 5.74) is 1.51. The Balaban J connectivity index is -0.000000305. The molecule has 0 radical (unpaired) electrons. The van der Waals surface area contributed by atoms with E-state index in [0.29, 0.717) is 0 Å². The largest absolute Gasteiger partial charge is 0.103 e. The number of unbranched alkanes of at least 4 members (excludes halogenated alkanes) is 1. The van der Waals surface area contributed by atoms with Crippen LogP contribution in [-0.2, 0) is 0 Å². The molecule has 1 aliphatic carbocycles. The maximum Gasteiger partial charge on any atom is -0.0279 e. The van der Waals surface area contributed by atoms with E-state index in [-0.39, 0.29) is 7.43 Å². The molecule has 0 saturated carbocycles. The predicted molar refractivity (Wildman–Crippen MR) is 79.9 cm³/mol. The number of allylic oxidation sites excluding steroid dienone is 5. The van der Waals surface area contributed by atoms with Gasteiger partial charge in [-0.05, 0) is 32.1 Å². The van der Waals surface area contributed by atoms with E-state index >= 15 is 0 Å². The van der Waals surface area contributed by atoms with Crippen molar-refractivity contribution >= 4 is 0 Å². The van der Waals surface area contributed by atoms with Crippen LogP contribution in [0.1, 0.15) is 67.2 Å². The van der Waals surface area contributed by atoms with Crippen molar-refractivity contribution in [3.05, 3.63) is 36.5 Å². The summed E-state index contributed by atoms with van der Waals surface area (Å²) in [7, 11) is 0. The SMILES string of the molecule is C.C=CCCCC1=CCCC=C1.CC.CC. The summed E-state index contributed by atoms with van der Waals surface area (Å²) < 4.78 is 0. The molecule has 0 atom stereocenters. The maximum atomic E-state index is 3.71. The molecule has 0 aromatic heterocycles. The minimum atomic E-state index is 0. The van der Waals surface area contributed by atoms with Crippen molar-refractivity contribution in [3.8, 4) is 0 Å². The molecule has 0 unspecified atom stereocenters. The molecule has 0 saturated heterocycles. The van der Waals surface area contributed by atoms with E-state index in [1.807, 2.05) is 33.8 Å². The van der Waals surface area contributed by atoms with Crippen LogP contribution in [0.2, 0.25) is 0 Å². The lowest BCUT2D eigenvalue weighted by Crippen LogP contribution is -1.84. The summed E-state index contributed by atoms with van der Waals surface area (Å²) in [5, 5.41) is 0. The zero-order valence-electron chi connectivity index (χ0n) is 11.1. The zero-order chi connectivity index (χ0) is 11.9. The molecule has 0 aromatic carbocycles. The third kappa shape index (κ3) is 13.2. The van der Waals surface area contributed by atoms with Crippen molar-refractivity contribution in [2.24, 2.45) is 0 Å². The highest BCUT2D eigenvalue weighted by molar-refractivity contribution is 5.21. The molecule has 0 spiro atoms. The van der Waals surface area contributed by atoms with Crippen LogP contribution >= 0.6 is 0 Å². The van der Waals surface area contributed by atoms with Crippen molar-refractivity contribution in [1.29, 1.82) is 0 Å². The van der Waals surface area contributed by atoms with Gasteiger partial charge in [-0.3, -0.25) is 0 Å². The molecule has 96 valence electrons. The van der Waals surface area contributed by atoms with Gasteiger partial charge in [0.25, 0.3) is 0 Å². The molecule has 0 aliphatic heterocycles. The smallest absolute Gasteiger partial charge is 0.0279 e. The van der Waals surface area contributed by atoms with Crippen LogP contribution in [0.5, 0.6) is 0 Å². The van der Waals surface area contributed by atoms with Crippen LogP contribution in [0.4, 0.5) is 0 Å². The predicted octanol–water partition coefficient (Wildman–Crippen LogP) is 6.31. The second-order valence-electron chi connectivity index (χ2n) is 2.94. The third-order valence-corrected chi connectivity index (χ3v) is 1.95. The Bertz CT molecular complexity index is 172. The van der Waals surface area contributed by atoms with Gasteiger partial charge in [-0.25, -0.2) is 0 Å². The van der Waals surface area contributed by atoms with Crippen LogP contribution in [-0.4, -0.2) is 0 Å². The molecule has 0 aromatic rings. The summed E-state index contributed by atoms with van der Waals surface area (Å²) in [6.07, 6.45) is 14.9. The van der Waals surface area contributed by atoms with Gasteiger partial charge in [0.05, 0.1) is 0 Å². The zero-order valence-corrected chi connectivity index (χ0v) is 11.1. The Morgan fingerprint density at radius 1 is 1.19 bits per heavy atom. The van der Waals surface area contributed by atoms with Gasteiger partial charge in [-0.1, -0.05) is 65.0 Å². The van der Waals surface area contributed by atoms with E-state index in [0.717, 1.165) is 6.42 Å². The first-order valence-corrected chi connectivity index (χ1v) is 6.40. The van der Waals surface area contributed by atoms with Crippen molar-refractivity contribution in [3.63, 3.8) is 0 Å². The van der Waals surface area contributed by atoms with Crippen LogP contribution in [0, 0.1) is 0 Å². The fourth-order valence-corrected chi connectivity index (χ4v) is 1.30. The van der Waals surface area contributed by atoms with Gasteiger partial charge in [0.2, 0.25) is 0 Å². The highest BCUT2D eigenvalue weighted by Gasteiger charge is 1.95. The first kappa shape index (κ1) is 20.6. The van der Waals surface area contributed by atoms with E-state index < -0.39 is 0 Å². The average Bonchev–Trinajstić information content (AvgIpc) is 2.36. The van der Waals surface area contributed by atoms with Crippen molar-refractivity contribution in [2.45, 2.75) is 67.2 Å². The Hall–Kier alpha value is -0.780. The lowest BCUT2D eigenvalue weighted by molar-refractivity contribution is 0.833. The summed E-state index contributed by atoms with van der Waals surface area (Å²) in [5.74, 6) is 0. The molecule has 1 rings (SSSR count). The lowest BCUT2D eigenvalue weighted by Gasteiger charge is -2.04. The molecule has 0 bridgehead atoms. The highest BCUT2D eigenvalue weighted by Crippen LogP contribution is 2.15. The van der Waals surface area contributed by atoms with Crippen LogP contribution in [0.25, 0.3) is 0 Å². The molecule has 1 aliphatic rings. The minimum Gasteiger partial charge on any atom is -0.103 e. The Kier molecular flexibility index (Phi) is 25.4. The number of hydrogen-bond acceptors (Lipinski definition) is 0. The molecule has 0 N–H and O–H groups in total. The average molecular weight is 224 g/mol. The summed E-state index contributed by atoms with van der Waals surface area (Å²) in [4.78, 5) is 0. The van der Waals surface area contributed by atoms with Gasteiger partial charge in [-0.2, -0.15) is 0 Å². The first-order chi connectivity index (χ1) is 7.43. The fourth-order valence-electron chi connectivity index (χ4n) is 1.30. The van der Waals surface area contributed by atoms with Gasteiger partial charge < -0.3 is 0 Å². The van der Waals surface area contributed by atoms with E-state index in [1.165, 1.54) is 31.3 Å². The number of rotatable bonds is 4. The standard InChI is InChI=1S/C11H16.2C2H6.CH4/c1-2-3-5-8-11-9-6-4-7-10-11;2*1-2;/h2,6,9-10H,1,3-5,7-8H2;2*1-2H3;1H4. The normalized spacial score (nSPS) is 11.9. The van der Waals surface area contributed by atoms with Gasteiger partial charge >= 0.3 is 0 Å². The fraction of sp³-hybridized carbons (Fsp3) is 0.625. The molecular weight excluding hydrogens is 192 g/mol. The summed E-state index contributed by atoms with van der Waals surface area (Å²) in [6, 6.07) is 0. The van der Waals surface area contributed by atoms with Crippen LogP contribution in [0.15, 0.2) is 36.5 Å². The van der Waals surface area contributed by atoms with Crippen LogP contribution < -0.4 is 0 Å². The molecule has 0 heteroatoms. The maximum absolute atomic E-state index is 3.71. The van der Waals surface area contributed by atoms with Gasteiger partial charge in [0.1, 0.15) is 0 Å². The Labute approximate surface area is 104 Å². The highest BCUT2D eigenvalue weighted by atomic mass is 14.0. The Morgan fingerprint density at radius 3 is 2.25 bits per heavy atom. The first-order valence-electron chi connectivity index (χ1n) is 6.40. The van der Waals surface area contributed by atoms with Crippen LogP contribution in [0.3, 0.4) is 0 Å². The van der Waals surface area contributed by atoms with Crippen molar-refractivity contribution in [2.75, 3.05) is 0 Å². The number of hydrogen-bond donors (Lipinski definition) is 0. The van der Waals surface area contributed by atoms with E-state index in [4.69, 9.17) is 0 Å². The monoisotopic (exact) mass is 224 g/mol. The van der Waals surface area contributed by atoms with E-state index in [9.17, 15) is 0 Å². The summed E-state index contributed by atoms with van der Waals surface area (Å²) in [6.45, 7) is 11.7. The molecule has 16 heavy (non-hydrogen) atoms.